The van der Waals surface area contributed by atoms with Crippen LogP contribution in [0.4, 0.5) is 0 Å². The van der Waals surface area contributed by atoms with Gasteiger partial charge in [-0.25, -0.2) is 0 Å². The maximum Gasteiger partial charge on any atom is 0.0693 e. The van der Waals surface area contributed by atoms with Crippen LogP contribution in [0.1, 0.15) is 53.4 Å². The van der Waals surface area contributed by atoms with Gasteiger partial charge in [-0.15, -0.1) is 0 Å². The molecule has 2 aliphatic heterocycles. The van der Waals surface area contributed by atoms with Crippen LogP contribution < -0.4 is 0 Å². The molecule has 0 aromatic carbocycles. The average Bonchev–Trinajstić information content (AvgIpc) is 2.68. The zero-order chi connectivity index (χ0) is 12.4. The van der Waals surface area contributed by atoms with Crippen LogP contribution in [0.2, 0.25) is 0 Å². The monoisotopic (exact) mass is 238 g/mol. The molecular weight excluding hydrogens is 212 g/mol. The Balaban J connectivity index is 1.91. The molecule has 1 saturated carbocycles. The summed E-state index contributed by atoms with van der Waals surface area (Å²) in [6.07, 6.45) is 4.80. The van der Waals surface area contributed by atoms with E-state index in [0.717, 1.165) is 12.8 Å². The molecule has 98 valence electrons. The van der Waals surface area contributed by atoms with Crippen LogP contribution >= 0.6 is 0 Å². The first-order valence-corrected chi connectivity index (χ1v) is 7.23. The highest BCUT2D eigenvalue weighted by Gasteiger charge is 2.65. The number of hydrogen-bond donors (Lipinski definition) is 1. The van der Waals surface area contributed by atoms with E-state index >= 15 is 0 Å². The lowest BCUT2D eigenvalue weighted by Crippen LogP contribution is -2.51. The second-order valence-corrected chi connectivity index (χ2v) is 7.43. The van der Waals surface area contributed by atoms with Gasteiger partial charge in [-0.2, -0.15) is 0 Å². The lowest BCUT2D eigenvalue weighted by Gasteiger charge is -2.50. The molecule has 2 saturated heterocycles. The first-order chi connectivity index (χ1) is 7.87. The molecule has 3 rings (SSSR count). The molecule has 17 heavy (non-hydrogen) atoms. The van der Waals surface area contributed by atoms with E-state index in [9.17, 15) is 5.11 Å². The van der Waals surface area contributed by atoms with Crippen molar-refractivity contribution in [3.05, 3.63) is 0 Å². The Morgan fingerprint density at radius 2 is 2.00 bits per heavy atom. The summed E-state index contributed by atoms with van der Waals surface area (Å²) in [5, 5.41) is 10.4. The Kier molecular flexibility index (Phi) is 2.45. The van der Waals surface area contributed by atoms with Crippen molar-refractivity contribution in [1.29, 1.82) is 0 Å². The predicted molar refractivity (Wildman–Crippen MR) is 67.7 cm³/mol. The quantitative estimate of drug-likeness (QED) is 0.761. The molecule has 1 aliphatic carbocycles. The van der Waals surface area contributed by atoms with Crippen molar-refractivity contribution < 1.29 is 9.84 Å². The molecule has 1 N–H and O–H groups in total. The van der Waals surface area contributed by atoms with Gasteiger partial charge in [0.1, 0.15) is 0 Å². The van der Waals surface area contributed by atoms with Gasteiger partial charge in [0.2, 0.25) is 0 Å². The highest BCUT2D eigenvalue weighted by atomic mass is 16.5. The lowest BCUT2D eigenvalue weighted by molar-refractivity contribution is -0.0622. The van der Waals surface area contributed by atoms with E-state index in [4.69, 9.17) is 4.74 Å². The smallest absolute Gasteiger partial charge is 0.0693 e. The summed E-state index contributed by atoms with van der Waals surface area (Å²) in [7, 11) is 0. The molecule has 3 aliphatic rings. The predicted octanol–water partition coefficient (Wildman–Crippen LogP) is 2.99. The largest absolute Gasteiger partial charge is 0.393 e. The van der Waals surface area contributed by atoms with Gasteiger partial charge in [0.25, 0.3) is 0 Å². The van der Waals surface area contributed by atoms with E-state index in [1.165, 1.54) is 12.8 Å². The van der Waals surface area contributed by atoms with Crippen molar-refractivity contribution >= 4 is 0 Å². The van der Waals surface area contributed by atoms with Crippen LogP contribution in [0, 0.1) is 23.2 Å². The normalized spacial score (nSPS) is 57.5. The third-order valence-corrected chi connectivity index (χ3v) is 6.09. The minimum atomic E-state index is -0.122. The average molecular weight is 238 g/mol. The maximum atomic E-state index is 10.4. The van der Waals surface area contributed by atoms with Crippen molar-refractivity contribution in [1.82, 2.24) is 0 Å². The summed E-state index contributed by atoms with van der Waals surface area (Å²) in [4.78, 5) is 0. The second kappa shape index (κ2) is 3.48. The Labute approximate surface area is 105 Å². The van der Waals surface area contributed by atoms with E-state index in [1.807, 2.05) is 0 Å². The Hall–Kier alpha value is -0.0800. The van der Waals surface area contributed by atoms with Crippen molar-refractivity contribution in [3.63, 3.8) is 0 Å². The van der Waals surface area contributed by atoms with Crippen LogP contribution in [-0.2, 0) is 4.74 Å². The zero-order valence-electron chi connectivity index (χ0n) is 11.6. The number of aliphatic hydroxyl groups excluding tert-OH is 1. The summed E-state index contributed by atoms with van der Waals surface area (Å²) < 4.78 is 6.28. The van der Waals surface area contributed by atoms with E-state index in [2.05, 4.69) is 27.7 Å². The minimum Gasteiger partial charge on any atom is -0.393 e. The third-order valence-electron chi connectivity index (χ3n) is 6.09. The fourth-order valence-corrected chi connectivity index (χ4v) is 5.04. The van der Waals surface area contributed by atoms with Crippen LogP contribution in [0.3, 0.4) is 0 Å². The summed E-state index contributed by atoms with van der Waals surface area (Å²) >= 11 is 0. The fourth-order valence-electron chi connectivity index (χ4n) is 5.04. The first-order valence-electron chi connectivity index (χ1n) is 7.23. The second-order valence-electron chi connectivity index (χ2n) is 7.43. The van der Waals surface area contributed by atoms with Crippen LogP contribution in [0.5, 0.6) is 0 Å². The van der Waals surface area contributed by atoms with Crippen molar-refractivity contribution in [2.24, 2.45) is 23.2 Å². The van der Waals surface area contributed by atoms with Crippen LogP contribution in [0.15, 0.2) is 0 Å². The van der Waals surface area contributed by atoms with E-state index in [0.29, 0.717) is 23.9 Å². The topological polar surface area (TPSA) is 29.5 Å². The third kappa shape index (κ3) is 1.46. The van der Waals surface area contributed by atoms with Crippen molar-refractivity contribution in [2.75, 3.05) is 0 Å². The SMILES string of the molecule is CC(C)[C@H]1C[C@@H]2[C@@]3(C)CCC(O3)[C@]2(C)CC1O. The van der Waals surface area contributed by atoms with Gasteiger partial charge in [-0.3, -0.25) is 0 Å². The van der Waals surface area contributed by atoms with Gasteiger partial charge in [0.05, 0.1) is 17.8 Å². The molecular formula is C15H26O2. The number of ether oxygens (including phenoxy) is 1. The van der Waals surface area contributed by atoms with Crippen molar-refractivity contribution in [2.45, 2.75) is 71.2 Å². The number of aliphatic hydroxyl groups is 1. The minimum absolute atomic E-state index is 0.104. The Morgan fingerprint density at radius 1 is 1.29 bits per heavy atom. The molecule has 2 bridgehead atoms. The molecule has 2 heteroatoms. The summed E-state index contributed by atoms with van der Waals surface area (Å²) in [5.74, 6) is 1.70. The van der Waals surface area contributed by atoms with Crippen LogP contribution in [0.25, 0.3) is 0 Å². The van der Waals surface area contributed by atoms with Gasteiger partial charge in [-0.1, -0.05) is 20.8 Å². The summed E-state index contributed by atoms with van der Waals surface area (Å²) in [6, 6.07) is 0. The van der Waals surface area contributed by atoms with Gasteiger partial charge in [-0.05, 0) is 50.4 Å². The highest BCUT2D eigenvalue weighted by Crippen LogP contribution is 2.64. The maximum absolute atomic E-state index is 10.4. The van der Waals surface area contributed by atoms with Gasteiger partial charge >= 0.3 is 0 Å². The molecule has 0 aromatic rings. The summed E-state index contributed by atoms with van der Waals surface area (Å²) in [6.45, 7) is 9.14. The number of fused-ring (bicyclic) bond motifs is 5. The van der Waals surface area contributed by atoms with E-state index < -0.39 is 0 Å². The van der Waals surface area contributed by atoms with Gasteiger partial charge in [0.15, 0.2) is 0 Å². The molecule has 2 unspecified atom stereocenters. The van der Waals surface area contributed by atoms with E-state index in [-0.39, 0.29) is 17.1 Å². The van der Waals surface area contributed by atoms with Crippen LogP contribution in [-0.4, -0.2) is 22.9 Å². The molecule has 0 radical (unpaired) electrons. The highest BCUT2D eigenvalue weighted by molar-refractivity contribution is 5.13. The molecule has 0 amide bonds. The standard InChI is InChI=1S/C15H26O2/c1-9(2)10-7-12-14(3,8-11(10)16)13-5-6-15(12,4)17-13/h9-13,16H,5-8H2,1-4H3/t10-,11?,12+,13?,14-,15-/m1/s1. The number of rotatable bonds is 1. The Morgan fingerprint density at radius 3 is 2.65 bits per heavy atom. The Bertz CT molecular complexity index is 327. The summed E-state index contributed by atoms with van der Waals surface area (Å²) in [5.41, 5.74) is 0.338. The number of hydrogen-bond acceptors (Lipinski definition) is 2. The molecule has 0 aromatic heterocycles. The molecule has 2 heterocycles. The lowest BCUT2D eigenvalue weighted by atomic mass is 9.53. The van der Waals surface area contributed by atoms with E-state index in [1.54, 1.807) is 0 Å². The van der Waals surface area contributed by atoms with Crippen molar-refractivity contribution in [3.8, 4) is 0 Å². The van der Waals surface area contributed by atoms with Gasteiger partial charge < -0.3 is 9.84 Å². The molecule has 6 atom stereocenters. The molecule has 2 nitrogen and oxygen atoms in total. The molecule has 3 fully saturated rings. The first kappa shape index (κ1) is 12.0. The molecule has 0 spiro atoms. The fraction of sp³-hybridized carbons (Fsp3) is 1.00. The zero-order valence-corrected chi connectivity index (χ0v) is 11.6. The van der Waals surface area contributed by atoms with Gasteiger partial charge in [0, 0.05) is 5.41 Å².